The van der Waals surface area contributed by atoms with Crippen molar-refractivity contribution in [2.75, 3.05) is 19.8 Å². The average Bonchev–Trinajstić information content (AvgIpc) is 3.00. The summed E-state index contributed by atoms with van der Waals surface area (Å²) in [5, 5.41) is 10.9. The number of carbonyl (C=O) groups excluding carboxylic acids is 1. The van der Waals surface area contributed by atoms with Gasteiger partial charge in [-0.15, -0.1) is 0 Å². The minimum absolute atomic E-state index is 0.0312. The van der Waals surface area contributed by atoms with Crippen LogP contribution in [-0.4, -0.2) is 41.8 Å². The van der Waals surface area contributed by atoms with Gasteiger partial charge in [0.2, 0.25) is 5.91 Å². The van der Waals surface area contributed by atoms with E-state index in [1.165, 1.54) is 19.3 Å². The maximum absolute atomic E-state index is 13.3. The van der Waals surface area contributed by atoms with Crippen LogP contribution >= 0.6 is 0 Å². The zero-order valence-corrected chi connectivity index (χ0v) is 18.5. The lowest BCUT2D eigenvalue weighted by Crippen LogP contribution is -2.42. The van der Waals surface area contributed by atoms with Crippen LogP contribution in [0.25, 0.3) is 0 Å². The number of fused-ring (bicyclic) bond motifs is 1. The van der Waals surface area contributed by atoms with Crippen LogP contribution in [0.15, 0.2) is 18.2 Å². The number of carbonyl (C=O) groups is 1. The van der Waals surface area contributed by atoms with Crippen molar-refractivity contribution in [2.45, 2.75) is 77.5 Å². The Bertz CT molecular complexity index is 728. The number of hydrogen-bond acceptors (Lipinski definition) is 4. The molecule has 4 rings (SSSR count). The van der Waals surface area contributed by atoms with Gasteiger partial charge < -0.3 is 19.5 Å². The molecule has 30 heavy (non-hydrogen) atoms. The number of rotatable bonds is 4. The number of aliphatic hydroxyl groups is 1. The molecular formula is C25H37NO4. The van der Waals surface area contributed by atoms with Crippen LogP contribution in [0, 0.1) is 17.8 Å². The van der Waals surface area contributed by atoms with Crippen LogP contribution in [0.3, 0.4) is 0 Å². The van der Waals surface area contributed by atoms with E-state index in [0.29, 0.717) is 38.1 Å². The van der Waals surface area contributed by atoms with Gasteiger partial charge in [0.15, 0.2) is 0 Å². The van der Waals surface area contributed by atoms with Crippen molar-refractivity contribution in [3.05, 3.63) is 29.3 Å². The van der Waals surface area contributed by atoms with E-state index in [1.807, 2.05) is 17.0 Å². The summed E-state index contributed by atoms with van der Waals surface area (Å²) in [4.78, 5) is 15.3. The molecule has 5 nitrogen and oxygen atoms in total. The molecule has 1 saturated carbocycles. The summed E-state index contributed by atoms with van der Waals surface area (Å²) in [6.07, 6.45) is 7.24. The number of hydrogen-bond donors (Lipinski definition) is 1. The van der Waals surface area contributed by atoms with Gasteiger partial charge in [0.1, 0.15) is 12.4 Å². The highest BCUT2D eigenvalue weighted by molar-refractivity contribution is 5.79. The van der Waals surface area contributed by atoms with Crippen molar-refractivity contribution >= 4 is 5.91 Å². The van der Waals surface area contributed by atoms with Gasteiger partial charge in [-0.3, -0.25) is 4.79 Å². The fourth-order valence-electron chi connectivity index (χ4n) is 5.28. The fourth-order valence-corrected chi connectivity index (χ4v) is 5.28. The summed E-state index contributed by atoms with van der Waals surface area (Å²) >= 11 is 0. The van der Waals surface area contributed by atoms with Crippen LogP contribution < -0.4 is 4.74 Å². The molecule has 1 aromatic carbocycles. The van der Waals surface area contributed by atoms with Gasteiger partial charge in [0.05, 0.1) is 18.8 Å². The van der Waals surface area contributed by atoms with E-state index in [0.717, 1.165) is 42.6 Å². The fraction of sp³-hybridized carbons (Fsp3) is 0.720. The number of amides is 1. The Morgan fingerprint density at radius 1 is 1.13 bits per heavy atom. The molecule has 5 heteroatoms. The Labute approximate surface area is 180 Å². The zero-order valence-electron chi connectivity index (χ0n) is 18.5. The molecule has 0 spiro atoms. The van der Waals surface area contributed by atoms with Crippen LogP contribution in [0.2, 0.25) is 0 Å². The third-order valence-electron chi connectivity index (χ3n) is 7.22. The van der Waals surface area contributed by atoms with E-state index >= 15 is 0 Å². The molecule has 2 fully saturated rings. The third kappa shape index (κ3) is 4.83. The van der Waals surface area contributed by atoms with Gasteiger partial charge >= 0.3 is 0 Å². The largest absolute Gasteiger partial charge is 0.491 e. The van der Waals surface area contributed by atoms with Gasteiger partial charge in [-0.1, -0.05) is 39.2 Å². The van der Waals surface area contributed by atoms with Gasteiger partial charge in [-0.2, -0.15) is 0 Å². The van der Waals surface area contributed by atoms with Crippen molar-refractivity contribution < 1.29 is 19.4 Å². The van der Waals surface area contributed by atoms with Crippen molar-refractivity contribution in [2.24, 2.45) is 17.8 Å². The lowest BCUT2D eigenvalue weighted by molar-refractivity contribution is -0.142. The van der Waals surface area contributed by atoms with Gasteiger partial charge in [-0.25, -0.2) is 0 Å². The Kier molecular flexibility index (Phi) is 6.99. The molecule has 2 aliphatic heterocycles. The van der Waals surface area contributed by atoms with Crippen molar-refractivity contribution in [3.8, 4) is 5.75 Å². The van der Waals surface area contributed by atoms with E-state index < -0.39 is 6.10 Å². The molecule has 0 radical (unpaired) electrons. The lowest BCUT2D eigenvalue weighted by Gasteiger charge is -2.34. The zero-order chi connectivity index (χ0) is 21.1. The highest BCUT2D eigenvalue weighted by Gasteiger charge is 2.33. The minimum Gasteiger partial charge on any atom is -0.491 e. The molecule has 1 amide bonds. The Morgan fingerprint density at radius 3 is 2.70 bits per heavy atom. The Hall–Kier alpha value is -1.59. The van der Waals surface area contributed by atoms with E-state index in [-0.39, 0.29) is 17.9 Å². The second kappa shape index (κ2) is 9.69. The molecule has 1 saturated heterocycles. The molecule has 0 bridgehead atoms. The van der Waals surface area contributed by atoms with Crippen LogP contribution in [0.1, 0.15) is 76.0 Å². The first-order valence-corrected chi connectivity index (χ1v) is 11.9. The molecule has 1 N–H and O–H groups in total. The van der Waals surface area contributed by atoms with Crippen LogP contribution in [0.5, 0.6) is 5.75 Å². The molecule has 166 valence electrons. The third-order valence-corrected chi connectivity index (χ3v) is 7.22. The van der Waals surface area contributed by atoms with E-state index in [1.54, 1.807) is 0 Å². The van der Waals surface area contributed by atoms with Gasteiger partial charge in [0, 0.05) is 24.6 Å². The van der Waals surface area contributed by atoms with Gasteiger partial charge in [0.25, 0.3) is 0 Å². The predicted octanol–water partition coefficient (Wildman–Crippen LogP) is 4.47. The van der Waals surface area contributed by atoms with Crippen molar-refractivity contribution in [1.29, 1.82) is 0 Å². The molecule has 3 aliphatic rings. The van der Waals surface area contributed by atoms with Crippen LogP contribution in [0.4, 0.5) is 0 Å². The summed E-state index contributed by atoms with van der Waals surface area (Å²) in [5.41, 5.74) is 1.98. The monoisotopic (exact) mass is 415 g/mol. The summed E-state index contributed by atoms with van der Waals surface area (Å²) < 4.78 is 11.8. The highest BCUT2D eigenvalue weighted by Crippen LogP contribution is 2.36. The first kappa shape index (κ1) is 21.6. The second-order valence-electron chi connectivity index (χ2n) is 9.69. The number of ether oxygens (including phenoxy) is 2. The molecule has 3 unspecified atom stereocenters. The summed E-state index contributed by atoms with van der Waals surface area (Å²) in [6, 6.07) is 6.05. The van der Waals surface area contributed by atoms with E-state index in [9.17, 15) is 9.90 Å². The van der Waals surface area contributed by atoms with Crippen molar-refractivity contribution in [3.63, 3.8) is 0 Å². The lowest BCUT2D eigenvalue weighted by atomic mass is 9.82. The normalized spacial score (nSPS) is 26.6. The maximum Gasteiger partial charge on any atom is 0.226 e. The highest BCUT2D eigenvalue weighted by atomic mass is 16.5. The Morgan fingerprint density at radius 2 is 1.93 bits per heavy atom. The first-order chi connectivity index (χ1) is 14.5. The van der Waals surface area contributed by atoms with Gasteiger partial charge in [-0.05, 0) is 55.2 Å². The quantitative estimate of drug-likeness (QED) is 0.788. The number of nitrogens with zero attached hydrogens (tertiary/aromatic N) is 1. The molecule has 3 atom stereocenters. The molecule has 0 aromatic heterocycles. The number of benzene rings is 1. The summed E-state index contributed by atoms with van der Waals surface area (Å²) in [5.74, 6) is 1.87. The average molecular weight is 416 g/mol. The second-order valence-corrected chi connectivity index (χ2v) is 9.69. The molecule has 2 heterocycles. The smallest absolute Gasteiger partial charge is 0.226 e. The number of aliphatic hydroxyl groups excluding tert-OH is 1. The summed E-state index contributed by atoms with van der Waals surface area (Å²) in [7, 11) is 0. The molecule has 1 aliphatic carbocycles. The topological polar surface area (TPSA) is 59.0 Å². The Balaban J connectivity index is 1.47. The molecule has 1 aromatic rings. The summed E-state index contributed by atoms with van der Waals surface area (Å²) in [6.45, 7) is 6.66. The van der Waals surface area contributed by atoms with E-state index in [4.69, 9.17) is 9.47 Å². The standard InChI is InChI=1S/C25H37NO4/c1-17(2)23-15-20(10-12-29-23)25(28)26-11-13-30-22-9-8-19(14-21(22)16-26)24(27)18-6-4-3-5-7-18/h8-9,14,17-18,20,23-24,27H,3-7,10-13,15-16H2,1-2H3. The van der Waals surface area contributed by atoms with Crippen LogP contribution in [-0.2, 0) is 16.1 Å². The van der Waals surface area contributed by atoms with E-state index in [2.05, 4.69) is 19.9 Å². The molecular weight excluding hydrogens is 378 g/mol. The van der Waals surface area contributed by atoms with Crippen molar-refractivity contribution in [1.82, 2.24) is 4.90 Å². The maximum atomic E-state index is 13.3. The SMILES string of the molecule is CC(C)C1CC(C(=O)N2CCOc3ccc(C(O)C4CCCCC4)cc3C2)CCO1. The first-order valence-electron chi connectivity index (χ1n) is 11.9. The minimum atomic E-state index is -0.426. The predicted molar refractivity (Wildman–Crippen MR) is 116 cm³/mol.